The molecule has 0 fully saturated rings. The summed E-state index contributed by atoms with van der Waals surface area (Å²) in [6.45, 7) is 2.10. The molecule has 2 aliphatic rings. The number of rotatable bonds is 4. The van der Waals surface area contributed by atoms with Gasteiger partial charge in [0.2, 0.25) is 0 Å². The fraction of sp³-hybridized carbons (Fsp3) is 0.200. The Morgan fingerprint density at radius 3 is 2.69 bits per heavy atom. The Labute approximate surface area is 198 Å². The molecular weight excluding hydrogens is 463 g/mol. The number of anilines is 2. The highest BCUT2D eigenvalue weighted by molar-refractivity contribution is 7.92. The molecule has 7 heteroatoms. The minimum atomic E-state index is -3.83. The third kappa shape index (κ3) is 3.90. The molecule has 2 unspecified atom stereocenters. The van der Waals surface area contributed by atoms with Gasteiger partial charge in [-0.1, -0.05) is 65.2 Å². The van der Waals surface area contributed by atoms with Crippen LogP contribution in [0.4, 0.5) is 11.4 Å². The van der Waals surface area contributed by atoms with Crippen LogP contribution < -0.4 is 10.0 Å². The van der Waals surface area contributed by atoms with Crippen molar-refractivity contribution >= 4 is 44.6 Å². The van der Waals surface area contributed by atoms with Crippen LogP contribution >= 0.6 is 23.2 Å². The van der Waals surface area contributed by atoms with Crippen molar-refractivity contribution < 1.29 is 8.42 Å². The van der Waals surface area contributed by atoms with E-state index in [2.05, 4.69) is 53.4 Å². The van der Waals surface area contributed by atoms with Crippen LogP contribution in [-0.2, 0) is 10.0 Å². The van der Waals surface area contributed by atoms with E-state index in [1.165, 1.54) is 17.2 Å². The number of hydrogen-bond donors (Lipinski definition) is 2. The molecule has 5 rings (SSSR count). The molecule has 4 nitrogen and oxygen atoms in total. The van der Waals surface area contributed by atoms with E-state index in [9.17, 15) is 8.42 Å². The van der Waals surface area contributed by atoms with Crippen molar-refractivity contribution in [2.75, 3.05) is 10.0 Å². The van der Waals surface area contributed by atoms with Crippen molar-refractivity contribution in [2.24, 2.45) is 5.92 Å². The van der Waals surface area contributed by atoms with Gasteiger partial charge in [-0.2, -0.15) is 0 Å². The smallest absolute Gasteiger partial charge is 0.261 e. The maximum Gasteiger partial charge on any atom is 0.261 e. The SMILES string of the molecule is Cc1cccc([C@@H]2Nc3ccc(S(=O)(=O)Nc4cc(Cl)ccc4Cl)cc3C3C=CCC32)c1. The Morgan fingerprint density at radius 1 is 1.03 bits per heavy atom. The predicted molar refractivity (Wildman–Crippen MR) is 131 cm³/mol. The fourth-order valence-corrected chi connectivity index (χ4v) is 6.21. The first kappa shape index (κ1) is 21.4. The van der Waals surface area contributed by atoms with Crippen LogP contribution in [0.3, 0.4) is 0 Å². The molecule has 0 spiro atoms. The average molecular weight is 485 g/mol. The number of sulfonamides is 1. The van der Waals surface area contributed by atoms with E-state index in [4.69, 9.17) is 23.2 Å². The van der Waals surface area contributed by atoms with E-state index in [1.54, 1.807) is 24.3 Å². The second kappa shape index (κ2) is 8.14. The van der Waals surface area contributed by atoms with Gasteiger partial charge in [0.15, 0.2) is 0 Å². The molecule has 0 radical (unpaired) electrons. The summed E-state index contributed by atoms with van der Waals surface area (Å²) in [5.41, 5.74) is 4.69. The van der Waals surface area contributed by atoms with Crippen LogP contribution in [0.25, 0.3) is 0 Å². The van der Waals surface area contributed by atoms with Gasteiger partial charge in [0.05, 0.1) is 21.6 Å². The quantitative estimate of drug-likeness (QED) is 0.394. The van der Waals surface area contributed by atoms with Crippen LogP contribution in [-0.4, -0.2) is 8.42 Å². The zero-order valence-electron chi connectivity index (χ0n) is 17.3. The Kier molecular flexibility index (Phi) is 5.44. The summed E-state index contributed by atoms with van der Waals surface area (Å²) in [5, 5.41) is 4.36. The Morgan fingerprint density at radius 2 is 1.88 bits per heavy atom. The molecule has 0 aromatic heterocycles. The zero-order chi connectivity index (χ0) is 22.5. The highest BCUT2D eigenvalue weighted by atomic mass is 35.5. The van der Waals surface area contributed by atoms with Gasteiger partial charge < -0.3 is 5.32 Å². The average Bonchev–Trinajstić information content (AvgIpc) is 3.25. The van der Waals surface area contributed by atoms with E-state index in [1.807, 2.05) is 6.07 Å². The molecule has 1 aliphatic carbocycles. The van der Waals surface area contributed by atoms with E-state index < -0.39 is 10.0 Å². The molecule has 3 aromatic carbocycles. The molecule has 1 heterocycles. The molecule has 32 heavy (non-hydrogen) atoms. The van der Waals surface area contributed by atoms with Gasteiger partial charge in [0.25, 0.3) is 10.0 Å². The number of benzene rings is 3. The monoisotopic (exact) mass is 484 g/mol. The molecule has 0 saturated heterocycles. The van der Waals surface area contributed by atoms with Gasteiger partial charge in [-0.3, -0.25) is 4.72 Å². The summed E-state index contributed by atoms with van der Waals surface area (Å²) in [4.78, 5) is 0.196. The van der Waals surface area contributed by atoms with E-state index in [-0.39, 0.29) is 27.6 Å². The van der Waals surface area contributed by atoms with Crippen molar-refractivity contribution in [3.8, 4) is 0 Å². The molecule has 3 atom stereocenters. The summed E-state index contributed by atoms with van der Waals surface area (Å²) in [6, 6.07) is 18.7. The van der Waals surface area contributed by atoms with Gasteiger partial charge >= 0.3 is 0 Å². The molecule has 0 amide bonds. The number of allylic oxidation sites excluding steroid dienone is 2. The van der Waals surface area contributed by atoms with Gasteiger partial charge in [-0.05, 0) is 66.8 Å². The van der Waals surface area contributed by atoms with Gasteiger partial charge in [-0.15, -0.1) is 0 Å². The Hall–Kier alpha value is -2.47. The lowest BCUT2D eigenvalue weighted by Gasteiger charge is -2.37. The number of nitrogens with one attached hydrogen (secondary N) is 2. The van der Waals surface area contributed by atoms with Crippen molar-refractivity contribution in [1.29, 1.82) is 0 Å². The Bertz CT molecular complexity index is 1340. The van der Waals surface area contributed by atoms with Crippen LogP contribution in [0, 0.1) is 12.8 Å². The molecule has 1 aliphatic heterocycles. The van der Waals surface area contributed by atoms with Gasteiger partial charge in [0.1, 0.15) is 0 Å². The highest BCUT2D eigenvalue weighted by Crippen LogP contribution is 2.50. The lowest BCUT2D eigenvalue weighted by atomic mass is 9.77. The zero-order valence-corrected chi connectivity index (χ0v) is 19.7. The van der Waals surface area contributed by atoms with Crippen LogP contribution in [0.2, 0.25) is 10.0 Å². The number of fused-ring (bicyclic) bond motifs is 3. The van der Waals surface area contributed by atoms with Gasteiger partial charge in [-0.25, -0.2) is 8.42 Å². The molecule has 164 valence electrons. The second-order valence-electron chi connectivity index (χ2n) is 8.37. The maximum absolute atomic E-state index is 13.1. The molecule has 0 bridgehead atoms. The number of hydrogen-bond acceptors (Lipinski definition) is 3. The van der Waals surface area contributed by atoms with Crippen LogP contribution in [0.1, 0.15) is 35.1 Å². The van der Waals surface area contributed by atoms with Crippen molar-refractivity contribution in [3.05, 3.63) is 99.6 Å². The number of halogens is 2. The lowest BCUT2D eigenvalue weighted by Crippen LogP contribution is -2.29. The minimum Gasteiger partial charge on any atom is -0.378 e. The van der Waals surface area contributed by atoms with E-state index in [0.29, 0.717) is 10.9 Å². The molecule has 2 N–H and O–H groups in total. The largest absolute Gasteiger partial charge is 0.378 e. The molecular formula is C25H22Cl2N2O2S. The summed E-state index contributed by atoms with van der Waals surface area (Å²) < 4.78 is 28.8. The summed E-state index contributed by atoms with van der Waals surface area (Å²) in [5.74, 6) is 0.485. The molecule has 0 saturated carbocycles. The first-order valence-electron chi connectivity index (χ1n) is 10.4. The Balaban J connectivity index is 1.50. The van der Waals surface area contributed by atoms with Gasteiger partial charge in [0, 0.05) is 16.6 Å². The predicted octanol–water partition coefficient (Wildman–Crippen LogP) is 6.93. The maximum atomic E-state index is 13.1. The second-order valence-corrected chi connectivity index (χ2v) is 10.9. The van der Waals surface area contributed by atoms with Crippen molar-refractivity contribution in [1.82, 2.24) is 0 Å². The standard InChI is InChI=1S/C25H22Cl2N2O2S/c1-15-4-2-5-16(12-15)25-20-7-3-6-19(20)21-14-18(9-11-23(21)28-25)32(30,31)29-24-13-17(26)8-10-22(24)27/h2-6,8-14,19-20,25,28-29H,7H2,1H3/t19?,20?,25-/m0/s1. The third-order valence-electron chi connectivity index (χ3n) is 6.22. The lowest BCUT2D eigenvalue weighted by molar-refractivity contribution is 0.425. The van der Waals surface area contributed by atoms with E-state index >= 15 is 0 Å². The van der Waals surface area contributed by atoms with E-state index in [0.717, 1.165) is 17.7 Å². The number of aryl methyl sites for hydroxylation is 1. The third-order valence-corrected chi connectivity index (χ3v) is 8.15. The fourth-order valence-electron chi connectivity index (χ4n) is 4.71. The van der Waals surface area contributed by atoms with Crippen molar-refractivity contribution in [3.63, 3.8) is 0 Å². The minimum absolute atomic E-state index is 0.154. The normalized spacial score (nSPS) is 21.5. The first-order valence-corrected chi connectivity index (χ1v) is 12.7. The summed E-state index contributed by atoms with van der Waals surface area (Å²) in [7, 11) is -3.83. The first-order chi connectivity index (χ1) is 15.3. The topological polar surface area (TPSA) is 58.2 Å². The molecule has 3 aromatic rings. The van der Waals surface area contributed by atoms with Crippen LogP contribution in [0.15, 0.2) is 77.7 Å². The van der Waals surface area contributed by atoms with Crippen LogP contribution in [0.5, 0.6) is 0 Å². The highest BCUT2D eigenvalue weighted by Gasteiger charge is 2.38. The van der Waals surface area contributed by atoms with Crippen molar-refractivity contribution in [2.45, 2.75) is 30.2 Å². The summed E-state index contributed by atoms with van der Waals surface area (Å²) >= 11 is 12.2. The summed E-state index contributed by atoms with van der Waals surface area (Å²) in [6.07, 6.45) is 5.34.